The Morgan fingerprint density at radius 2 is 2.19 bits per heavy atom. The molecule has 4 N–H and O–H groups in total. The minimum atomic E-state index is -0.514. The molecule has 1 amide bonds. The molecule has 0 saturated carbocycles. The lowest BCUT2D eigenvalue weighted by Crippen LogP contribution is -2.16. The normalized spacial score (nSPS) is 10.3. The summed E-state index contributed by atoms with van der Waals surface area (Å²) in [5, 5.41) is 2.54. The maximum absolute atomic E-state index is 13.7. The maximum Gasteiger partial charge on any atom is 0.255 e. The number of aryl methyl sites for hydroxylation is 1. The molecule has 2 rings (SSSR count). The summed E-state index contributed by atoms with van der Waals surface area (Å²) in [4.78, 5) is 16.5. The topological polar surface area (TPSA) is 80.0 Å². The Labute approximate surface area is 129 Å². The second-order valence-corrected chi connectivity index (χ2v) is 5.14. The van der Waals surface area contributed by atoms with Gasteiger partial charge in [-0.2, -0.15) is 0 Å². The average Bonchev–Trinajstić information content (AvgIpc) is 2.50. The first kappa shape index (κ1) is 15.4. The number of benzene rings is 1. The van der Waals surface area contributed by atoms with Gasteiger partial charge in [-0.15, -0.1) is 0 Å². The molecule has 0 aliphatic rings. The summed E-state index contributed by atoms with van der Waals surface area (Å²) < 4.78 is 14.2. The molecule has 0 radical (unpaired) electrons. The molecule has 2 aromatic rings. The van der Waals surface area contributed by atoms with Crippen molar-refractivity contribution >= 4 is 33.3 Å². The Morgan fingerprint density at radius 3 is 2.81 bits per heavy atom. The quantitative estimate of drug-likeness (QED) is 0.583. The van der Waals surface area contributed by atoms with Gasteiger partial charge in [0.15, 0.2) is 0 Å². The fourth-order valence-electron chi connectivity index (χ4n) is 1.78. The lowest BCUT2D eigenvalue weighted by Gasteiger charge is -2.10. The van der Waals surface area contributed by atoms with Crippen molar-refractivity contribution in [1.82, 2.24) is 4.98 Å². The number of rotatable bonds is 4. The molecule has 0 bridgehead atoms. The van der Waals surface area contributed by atoms with Crippen molar-refractivity contribution in [2.75, 3.05) is 10.7 Å². The van der Waals surface area contributed by atoms with Gasteiger partial charge in [-0.25, -0.2) is 15.2 Å². The van der Waals surface area contributed by atoms with E-state index in [-0.39, 0.29) is 5.69 Å². The first-order valence-corrected chi connectivity index (χ1v) is 7.07. The van der Waals surface area contributed by atoms with Crippen LogP contribution in [0.2, 0.25) is 0 Å². The van der Waals surface area contributed by atoms with Gasteiger partial charge >= 0.3 is 0 Å². The number of hydrazine groups is 1. The number of anilines is 2. The first-order valence-electron chi connectivity index (χ1n) is 6.28. The molecule has 1 aromatic carbocycles. The van der Waals surface area contributed by atoms with Crippen LogP contribution in [0.1, 0.15) is 23.0 Å². The van der Waals surface area contributed by atoms with Crippen molar-refractivity contribution in [1.29, 1.82) is 0 Å². The number of halogens is 2. The standard InChI is InChI=1S/C14H14BrFN4O/c1-2-9-6-8(7-12(18-9)20-17)14(21)19-13-10(15)4-3-5-11(13)16/h3-7H,2,17H2,1H3,(H,18,20)(H,19,21). The molecular weight excluding hydrogens is 339 g/mol. The summed E-state index contributed by atoms with van der Waals surface area (Å²) in [7, 11) is 0. The third-order valence-corrected chi connectivity index (χ3v) is 3.51. The predicted molar refractivity (Wildman–Crippen MR) is 83.5 cm³/mol. The maximum atomic E-state index is 13.7. The van der Waals surface area contributed by atoms with Crippen LogP contribution in [0.5, 0.6) is 0 Å². The largest absolute Gasteiger partial charge is 0.319 e. The van der Waals surface area contributed by atoms with E-state index < -0.39 is 11.7 Å². The van der Waals surface area contributed by atoms with E-state index in [1.807, 2.05) is 6.92 Å². The van der Waals surface area contributed by atoms with Crippen LogP contribution in [0.25, 0.3) is 0 Å². The third-order valence-electron chi connectivity index (χ3n) is 2.85. The molecule has 110 valence electrons. The lowest BCUT2D eigenvalue weighted by atomic mass is 10.1. The molecule has 0 aliphatic carbocycles. The number of nitrogens with one attached hydrogen (secondary N) is 2. The SMILES string of the molecule is CCc1cc(C(=O)Nc2c(F)cccc2Br)cc(NN)n1. The Balaban J connectivity index is 2.32. The fourth-order valence-corrected chi connectivity index (χ4v) is 2.22. The van der Waals surface area contributed by atoms with E-state index in [1.165, 1.54) is 12.1 Å². The highest BCUT2D eigenvalue weighted by molar-refractivity contribution is 9.10. The number of para-hydroxylation sites is 1. The van der Waals surface area contributed by atoms with Crippen molar-refractivity contribution in [3.63, 3.8) is 0 Å². The van der Waals surface area contributed by atoms with Crippen LogP contribution in [0.15, 0.2) is 34.8 Å². The van der Waals surface area contributed by atoms with Gasteiger partial charge in [0.2, 0.25) is 0 Å². The van der Waals surface area contributed by atoms with Gasteiger partial charge in [0, 0.05) is 15.7 Å². The number of aromatic nitrogens is 1. The van der Waals surface area contributed by atoms with E-state index in [9.17, 15) is 9.18 Å². The number of nitrogens with zero attached hydrogens (tertiary/aromatic N) is 1. The van der Waals surface area contributed by atoms with Gasteiger partial charge in [-0.1, -0.05) is 13.0 Å². The highest BCUT2D eigenvalue weighted by Crippen LogP contribution is 2.26. The summed E-state index contributed by atoms with van der Waals surface area (Å²) in [5.41, 5.74) is 3.57. The van der Waals surface area contributed by atoms with Crippen molar-refractivity contribution < 1.29 is 9.18 Å². The molecule has 1 heterocycles. The highest BCUT2D eigenvalue weighted by Gasteiger charge is 2.13. The van der Waals surface area contributed by atoms with Crippen LogP contribution < -0.4 is 16.6 Å². The van der Waals surface area contributed by atoms with Gasteiger partial charge in [0.1, 0.15) is 11.6 Å². The smallest absolute Gasteiger partial charge is 0.255 e. The Bertz CT molecular complexity index is 636. The van der Waals surface area contributed by atoms with Crippen LogP contribution in [0, 0.1) is 5.82 Å². The molecule has 0 saturated heterocycles. The Morgan fingerprint density at radius 1 is 1.43 bits per heavy atom. The van der Waals surface area contributed by atoms with Crippen LogP contribution >= 0.6 is 15.9 Å². The molecule has 0 atom stereocenters. The van der Waals surface area contributed by atoms with Crippen LogP contribution in [0.3, 0.4) is 0 Å². The summed E-state index contributed by atoms with van der Waals surface area (Å²) in [6.07, 6.45) is 0.652. The third kappa shape index (κ3) is 3.56. The van der Waals surface area contributed by atoms with Gasteiger partial charge in [0.05, 0.1) is 5.69 Å². The second-order valence-electron chi connectivity index (χ2n) is 4.28. The van der Waals surface area contributed by atoms with Crippen molar-refractivity contribution in [2.24, 2.45) is 5.84 Å². The zero-order valence-corrected chi connectivity index (χ0v) is 12.9. The molecular formula is C14H14BrFN4O. The van der Waals surface area contributed by atoms with Gasteiger partial charge in [-0.3, -0.25) is 4.79 Å². The molecule has 21 heavy (non-hydrogen) atoms. The van der Waals surface area contributed by atoms with Gasteiger partial charge in [0.25, 0.3) is 5.91 Å². The molecule has 1 aromatic heterocycles. The highest BCUT2D eigenvalue weighted by atomic mass is 79.9. The Hall–Kier alpha value is -1.99. The summed E-state index contributed by atoms with van der Waals surface area (Å²) in [6, 6.07) is 7.62. The van der Waals surface area contributed by atoms with Gasteiger partial charge in [-0.05, 0) is 46.6 Å². The van der Waals surface area contributed by atoms with E-state index in [1.54, 1.807) is 18.2 Å². The second kappa shape index (κ2) is 6.64. The lowest BCUT2D eigenvalue weighted by molar-refractivity contribution is 0.102. The van der Waals surface area contributed by atoms with E-state index in [2.05, 4.69) is 31.7 Å². The molecule has 7 heteroatoms. The number of pyridine rings is 1. The fraction of sp³-hybridized carbons (Fsp3) is 0.143. The number of hydrogen-bond donors (Lipinski definition) is 3. The van der Waals surface area contributed by atoms with Crippen molar-refractivity contribution in [3.8, 4) is 0 Å². The van der Waals surface area contributed by atoms with E-state index >= 15 is 0 Å². The summed E-state index contributed by atoms with van der Waals surface area (Å²) in [6.45, 7) is 1.91. The monoisotopic (exact) mass is 352 g/mol. The van der Waals surface area contributed by atoms with Crippen LogP contribution in [-0.4, -0.2) is 10.9 Å². The number of amides is 1. The molecule has 0 fully saturated rings. The van der Waals surface area contributed by atoms with Crippen LogP contribution in [-0.2, 0) is 6.42 Å². The minimum Gasteiger partial charge on any atom is -0.319 e. The van der Waals surface area contributed by atoms with Gasteiger partial charge < -0.3 is 10.7 Å². The van der Waals surface area contributed by atoms with E-state index in [0.717, 1.165) is 0 Å². The van der Waals surface area contributed by atoms with Crippen molar-refractivity contribution in [3.05, 3.63) is 51.9 Å². The van der Waals surface area contributed by atoms with Crippen LogP contribution in [0.4, 0.5) is 15.9 Å². The first-order chi connectivity index (χ1) is 10.0. The molecule has 0 aliphatic heterocycles. The van der Waals surface area contributed by atoms with E-state index in [4.69, 9.17) is 5.84 Å². The zero-order chi connectivity index (χ0) is 15.4. The number of nitrogen functional groups attached to an aromatic ring is 1. The van der Waals surface area contributed by atoms with E-state index in [0.29, 0.717) is 28.0 Å². The minimum absolute atomic E-state index is 0.0969. The van der Waals surface area contributed by atoms with Crippen molar-refractivity contribution in [2.45, 2.75) is 13.3 Å². The summed E-state index contributed by atoms with van der Waals surface area (Å²) >= 11 is 3.21. The molecule has 0 unspecified atom stereocenters. The summed E-state index contributed by atoms with van der Waals surface area (Å²) in [5.74, 6) is 4.76. The average molecular weight is 353 g/mol. The number of nitrogens with two attached hydrogens (primary N) is 1. The number of carbonyl (C=O) groups excluding carboxylic acids is 1. The molecule has 0 spiro atoms. The molecule has 5 nitrogen and oxygen atoms in total. The zero-order valence-electron chi connectivity index (χ0n) is 11.3. The number of carbonyl (C=O) groups is 1. The predicted octanol–water partition coefficient (Wildman–Crippen LogP) is 3.08. The Kier molecular flexibility index (Phi) is 4.87. The number of hydrogen-bond acceptors (Lipinski definition) is 4.